The van der Waals surface area contributed by atoms with Gasteiger partial charge in [-0.3, -0.25) is 14.1 Å². The van der Waals surface area contributed by atoms with Gasteiger partial charge in [-0.25, -0.2) is 9.97 Å². The molecule has 5 rings (SSSR count). The molecule has 1 saturated heterocycles. The summed E-state index contributed by atoms with van der Waals surface area (Å²) in [5, 5.41) is 12.0. The molecule has 0 spiro atoms. The lowest BCUT2D eigenvalue weighted by Gasteiger charge is -2.38. The average Bonchev–Trinajstić information content (AvgIpc) is 3.44. The summed E-state index contributed by atoms with van der Waals surface area (Å²) in [7, 11) is 2.09. The van der Waals surface area contributed by atoms with Crippen LogP contribution in [-0.4, -0.2) is 68.1 Å². The molecule has 0 radical (unpaired) electrons. The van der Waals surface area contributed by atoms with Crippen LogP contribution in [0.4, 0.5) is 5.95 Å². The first-order valence-corrected chi connectivity index (χ1v) is 10.6. The second-order valence-corrected chi connectivity index (χ2v) is 8.15. The summed E-state index contributed by atoms with van der Waals surface area (Å²) in [6, 6.07) is 5.82. The third kappa shape index (κ3) is 3.60. The summed E-state index contributed by atoms with van der Waals surface area (Å²) < 4.78 is 1.94. The minimum Gasteiger partial charge on any atom is -0.349 e. The molecule has 2 fully saturated rings. The van der Waals surface area contributed by atoms with E-state index in [1.165, 1.54) is 12.8 Å². The normalized spacial score (nSPS) is 20.7. The third-order valence-corrected chi connectivity index (χ3v) is 6.16. The van der Waals surface area contributed by atoms with Crippen LogP contribution in [0.15, 0.2) is 36.8 Å². The number of carbonyl (C=O) groups excluding carboxylic acids is 1. The fraction of sp³-hybridized carbons (Fsp3) is 0.476. The van der Waals surface area contributed by atoms with E-state index in [0.29, 0.717) is 12.1 Å². The molecule has 3 aromatic heterocycles. The van der Waals surface area contributed by atoms with E-state index in [9.17, 15) is 4.79 Å². The van der Waals surface area contributed by atoms with E-state index in [0.717, 1.165) is 43.4 Å². The second-order valence-electron chi connectivity index (χ2n) is 8.15. The van der Waals surface area contributed by atoms with Crippen molar-refractivity contribution in [2.24, 2.45) is 0 Å². The van der Waals surface area contributed by atoms with Gasteiger partial charge in [0.1, 0.15) is 0 Å². The monoisotopic (exact) mass is 406 g/mol. The number of anilines is 1. The average molecular weight is 406 g/mol. The van der Waals surface area contributed by atoms with E-state index in [1.807, 2.05) is 28.8 Å². The number of fused-ring (bicyclic) bond motifs is 1. The number of nitrogens with one attached hydrogen (secondary N) is 1. The smallest absolute Gasteiger partial charge is 0.252 e. The predicted octanol–water partition coefficient (Wildman–Crippen LogP) is 1.68. The lowest BCUT2D eigenvalue weighted by molar-refractivity contribution is 0.0937. The number of amides is 1. The molecule has 1 aliphatic heterocycles. The Hall–Kier alpha value is -3.07. The molecule has 1 N–H and O–H groups in total. The molecule has 3 aromatic rings. The molecule has 9 nitrogen and oxygen atoms in total. The Balaban J connectivity index is 1.42. The highest BCUT2D eigenvalue weighted by Crippen LogP contribution is 2.25. The minimum atomic E-state index is -0.0280. The van der Waals surface area contributed by atoms with Crippen LogP contribution in [0.3, 0.4) is 0 Å². The highest BCUT2D eigenvalue weighted by Gasteiger charge is 2.30. The molecule has 0 bridgehead atoms. The topological polar surface area (TPSA) is 91.6 Å². The first-order chi connectivity index (χ1) is 14.7. The fourth-order valence-electron chi connectivity index (χ4n) is 4.40. The zero-order valence-electron chi connectivity index (χ0n) is 17.1. The van der Waals surface area contributed by atoms with E-state index in [2.05, 4.69) is 42.3 Å². The van der Waals surface area contributed by atoms with E-state index in [-0.39, 0.29) is 18.0 Å². The van der Waals surface area contributed by atoms with Crippen molar-refractivity contribution in [1.82, 2.24) is 34.8 Å². The van der Waals surface area contributed by atoms with Crippen LogP contribution in [0.25, 0.3) is 5.65 Å². The minimum absolute atomic E-state index is 0.0192. The Labute approximate surface area is 175 Å². The van der Waals surface area contributed by atoms with Crippen molar-refractivity contribution < 1.29 is 4.79 Å². The Morgan fingerprint density at radius 1 is 1.10 bits per heavy atom. The van der Waals surface area contributed by atoms with Gasteiger partial charge in [0.05, 0.1) is 11.6 Å². The maximum atomic E-state index is 12.8. The molecule has 156 valence electrons. The largest absolute Gasteiger partial charge is 0.349 e. The van der Waals surface area contributed by atoms with Crippen molar-refractivity contribution in [1.29, 1.82) is 0 Å². The lowest BCUT2D eigenvalue weighted by atomic mass is 10.1. The van der Waals surface area contributed by atoms with Crippen LogP contribution in [0, 0.1) is 0 Å². The summed E-state index contributed by atoms with van der Waals surface area (Å²) in [6.07, 6.45) is 9.90. The first-order valence-electron chi connectivity index (χ1n) is 10.6. The fourth-order valence-corrected chi connectivity index (χ4v) is 4.40. The third-order valence-electron chi connectivity index (χ3n) is 6.16. The summed E-state index contributed by atoms with van der Waals surface area (Å²) in [6.45, 7) is 2.42. The summed E-state index contributed by atoms with van der Waals surface area (Å²) in [5.74, 6) is 1.52. The number of nitrogens with zero attached hydrogens (tertiary/aromatic N) is 7. The molecule has 0 unspecified atom stereocenters. The van der Waals surface area contributed by atoms with E-state index in [1.54, 1.807) is 12.4 Å². The number of pyridine rings is 1. The zero-order valence-corrected chi connectivity index (χ0v) is 17.1. The lowest BCUT2D eigenvalue weighted by Crippen LogP contribution is -2.48. The molecule has 0 aromatic carbocycles. The van der Waals surface area contributed by atoms with Crippen molar-refractivity contribution in [2.45, 2.75) is 37.8 Å². The summed E-state index contributed by atoms with van der Waals surface area (Å²) in [5.41, 5.74) is 1.38. The SMILES string of the molecule is CN1CCN(c2ncccn2)C[C@H]1c1nnc2ccc(C(=O)NC3CCCC3)cn12. The van der Waals surface area contributed by atoms with Gasteiger partial charge < -0.3 is 10.2 Å². The Morgan fingerprint density at radius 3 is 2.70 bits per heavy atom. The molecule has 1 aliphatic carbocycles. The molecule has 1 saturated carbocycles. The van der Waals surface area contributed by atoms with Crippen LogP contribution in [0.5, 0.6) is 0 Å². The van der Waals surface area contributed by atoms with Crippen LogP contribution < -0.4 is 10.2 Å². The highest BCUT2D eigenvalue weighted by molar-refractivity contribution is 5.94. The van der Waals surface area contributed by atoms with Gasteiger partial charge in [-0.05, 0) is 38.1 Å². The van der Waals surface area contributed by atoms with Crippen molar-refractivity contribution in [3.8, 4) is 0 Å². The number of rotatable bonds is 4. The number of aromatic nitrogens is 5. The summed E-state index contributed by atoms with van der Waals surface area (Å²) >= 11 is 0. The van der Waals surface area contributed by atoms with Gasteiger partial charge in [0.15, 0.2) is 11.5 Å². The van der Waals surface area contributed by atoms with E-state index < -0.39 is 0 Å². The van der Waals surface area contributed by atoms with Gasteiger partial charge in [0.2, 0.25) is 5.95 Å². The van der Waals surface area contributed by atoms with Crippen molar-refractivity contribution >= 4 is 17.5 Å². The van der Waals surface area contributed by atoms with Crippen molar-refractivity contribution in [3.63, 3.8) is 0 Å². The molecular weight excluding hydrogens is 380 g/mol. The quantitative estimate of drug-likeness (QED) is 0.705. The number of piperazine rings is 1. The second kappa shape index (κ2) is 7.98. The highest BCUT2D eigenvalue weighted by atomic mass is 16.1. The zero-order chi connectivity index (χ0) is 20.5. The molecule has 30 heavy (non-hydrogen) atoms. The number of hydrogen-bond acceptors (Lipinski definition) is 7. The first kappa shape index (κ1) is 18.9. The van der Waals surface area contributed by atoms with Crippen LogP contribution >= 0.6 is 0 Å². The van der Waals surface area contributed by atoms with E-state index in [4.69, 9.17) is 0 Å². The molecule has 1 atom stereocenters. The summed E-state index contributed by atoms with van der Waals surface area (Å²) in [4.78, 5) is 26.0. The Bertz CT molecular complexity index is 1030. The maximum absolute atomic E-state index is 12.8. The van der Waals surface area contributed by atoms with Crippen molar-refractivity contribution in [3.05, 3.63) is 48.2 Å². The predicted molar refractivity (Wildman–Crippen MR) is 112 cm³/mol. The van der Waals surface area contributed by atoms with Gasteiger partial charge >= 0.3 is 0 Å². The number of likely N-dealkylation sites (N-methyl/N-ethyl adjacent to an activating group) is 1. The van der Waals surface area contributed by atoms with Gasteiger partial charge in [-0.2, -0.15) is 0 Å². The number of carbonyl (C=O) groups is 1. The molecule has 9 heteroatoms. The molecule has 4 heterocycles. The van der Waals surface area contributed by atoms with Crippen molar-refractivity contribution in [2.75, 3.05) is 31.6 Å². The standard InChI is InChI=1S/C21H26N8O/c1-27-11-12-28(21-22-9-4-10-23-21)14-17(27)19-26-25-18-8-7-15(13-29(18)19)20(30)24-16-5-2-3-6-16/h4,7-10,13,16-17H,2-3,5-6,11-12,14H2,1H3,(H,24,30)/t17-/m0/s1. The maximum Gasteiger partial charge on any atom is 0.252 e. The van der Waals surface area contributed by atoms with Gasteiger partial charge in [0, 0.05) is 44.3 Å². The van der Waals surface area contributed by atoms with Crippen LogP contribution in [0.1, 0.15) is 47.9 Å². The number of hydrogen-bond donors (Lipinski definition) is 1. The molecule has 2 aliphatic rings. The van der Waals surface area contributed by atoms with E-state index >= 15 is 0 Å². The van der Waals surface area contributed by atoms with Gasteiger partial charge in [0.25, 0.3) is 5.91 Å². The Kier molecular flexibility index (Phi) is 5.04. The molecule has 1 amide bonds. The Morgan fingerprint density at radius 2 is 1.90 bits per heavy atom. The van der Waals surface area contributed by atoms with Crippen LogP contribution in [0.2, 0.25) is 0 Å². The molecular formula is C21H26N8O. The van der Waals surface area contributed by atoms with Crippen LogP contribution in [-0.2, 0) is 0 Å². The van der Waals surface area contributed by atoms with Gasteiger partial charge in [-0.1, -0.05) is 12.8 Å². The van der Waals surface area contributed by atoms with Gasteiger partial charge in [-0.15, -0.1) is 10.2 Å².